The standard InChI is InChI=1S/C22H27NO.C20H23NO2.ClH/c1-16-10-11-18-19-9-6-14-23(15-17-7-4-3-5-8-17)21(19)13-12-20(18)22(16)24-2;22-19-11-9-15-16-7-4-12-21(13-14-5-2-1-3-6-14)18(16)10-8-17(15)20(19)23;/h3-5,7-8,10-11,19,21H,6,9,12-15H2,1-2H3;1-3,5-6,9,11,16,18,22-23H,4,7-8,10,12-13H2;1H/t19-,21+;16-,18+;/m11./s1. The minimum absolute atomic E-state index is 0. The van der Waals surface area contributed by atoms with Crippen molar-refractivity contribution in [2.24, 2.45) is 0 Å². The van der Waals surface area contributed by atoms with Crippen molar-refractivity contribution in [2.45, 2.75) is 95.3 Å². The molecule has 8 rings (SSSR count). The molecule has 2 aliphatic heterocycles. The van der Waals surface area contributed by atoms with Crippen molar-refractivity contribution in [2.75, 3.05) is 20.2 Å². The molecular formula is C42H51ClN2O3. The largest absolute Gasteiger partial charge is 0.504 e. The number of likely N-dealkylation sites (tertiary alicyclic amines) is 2. The normalized spacial score (nSPS) is 23.2. The molecule has 0 saturated carbocycles. The number of hydrogen-bond donors (Lipinski definition) is 2. The number of phenolic OH excluding ortho intramolecular Hbond substituents is 2. The maximum absolute atomic E-state index is 10.2. The summed E-state index contributed by atoms with van der Waals surface area (Å²) in [5.41, 5.74) is 9.30. The number of fused-ring (bicyclic) bond motifs is 6. The Kier molecular flexibility index (Phi) is 11.0. The fourth-order valence-corrected chi connectivity index (χ4v) is 9.26. The summed E-state index contributed by atoms with van der Waals surface area (Å²) in [4.78, 5) is 5.33. The molecule has 254 valence electrons. The molecule has 2 N–H and O–H groups in total. The monoisotopic (exact) mass is 666 g/mol. The molecule has 4 aromatic rings. The van der Waals surface area contributed by atoms with E-state index in [2.05, 4.69) is 89.5 Å². The van der Waals surface area contributed by atoms with Crippen LogP contribution in [0.15, 0.2) is 84.9 Å². The van der Waals surface area contributed by atoms with E-state index in [1.807, 2.05) is 13.2 Å². The molecule has 0 unspecified atom stereocenters. The lowest BCUT2D eigenvalue weighted by molar-refractivity contribution is 0.104. The molecule has 4 aromatic carbocycles. The second kappa shape index (κ2) is 15.4. The Hall–Kier alpha value is -3.51. The van der Waals surface area contributed by atoms with E-state index in [0.29, 0.717) is 23.9 Å². The van der Waals surface area contributed by atoms with Gasteiger partial charge in [0.15, 0.2) is 11.5 Å². The smallest absolute Gasteiger partial charge is 0.160 e. The van der Waals surface area contributed by atoms with Gasteiger partial charge in [-0.05, 0) is 123 Å². The topological polar surface area (TPSA) is 56.2 Å². The highest BCUT2D eigenvalue weighted by atomic mass is 35.5. The third kappa shape index (κ3) is 6.96. The van der Waals surface area contributed by atoms with E-state index in [4.69, 9.17) is 4.74 Å². The van der Waals surface area contributed by atoms with Gasteiger partial charge < -0.3 is 14.9 Å². The lowest BCUT2D eigenvalue weighted by atomic mass is 9.73. The van der Waals surface area contributed by atoms with E-state index < -0.39 is 0 Å². The van der Waals surface area contributed by atoms with E-state index in [1.54, 1.807) is 11.6 Å². The number of aryl methyl sites for hydroxylation is 1. The summed E-state index contributed by atoms with van der Waals surface area (Å²) in [6.45, 7) is 6.62. The second-order valence-electron chi connectivity index (χ2n) is 14.1. The number of rotatable bonds is 5. The third-order valence-corrected chi connectivity index (χ3v) is 11.4. The molecule has 2 saturated heterocycles. The minimum atomic E-state index is 0. The highest BCUT2D eigenvalue weighted by molar-refractivity contribution is 5.85. The molecule has 0 spiro atoms. The van der Waals surface area contributed by atoms with Crippen molar-refractivity contribution in [3.8, 4) is 17.2 Å². The van der Waals surface area contributed by atoms with Crippen LogP contribution in [0, 0.1) is 6.92 Å². The Morgan fingerprint density at radius 1 is 0.646 bits per heavy atom. The Balaban J connectivity index is 0.000000164. The van der Waals surface area contributed by atoms with Gasteiger partial charge in [0, 0.05) is 30.7 Å². The van der Waals surface area contributed by atoms with Crippen LogP contribution in [0.1, 0.15) is 89.3 Å². The first-order valence-electron chi connectivity index (χ1n) is 17.8. The van der Waals surface area contributed by atoms with Crippen LogP contribution in [0.25, 0.3) is 0 Å². The van der Waals surface area contributed by atoms with E-state index in [-0.39, 0.29) is 23.9 Å². The summed E-state index contributed by atoms with van der Waals surface area (Å²) in [5.74, 6) is 2.38. The Morgan fingerprint density at radius 3 is 1.69 bits per heavy atom. The van der Waals surface area contributed by atoms with Crippen LogP contribution in [0.3, 0.4) is 0 Å². The van der Waals surface area contributed by atoms with Crippen LogP contribution < -0.4 is 4.74 Å². The molecule has 0 bridgehead atoms. The first kappa shape index (κ1) is 34.4. The van der Waals surface area contributed by atoms with Crippen molar-refractivity contribution < 1.29 is 14.9 Å². The Bertz CT molecular complexity index is 1660. The van der Waals surface area contributed by atoms with E-state index >= 15 is 0 Å². The molecule has 4 atom stereocenters. The van der Waals surface area contributed by atoms with E-state index in [9.17, 15) is 10.2 Å². The number of phenols is 2. The van der Waals surface area contributed by atoms with Crippen molar-refractivity contribution in [3.63, 3.8) is 0 Å². The zero-order valence-electron chi connectivity index (χ0n) is 28.5. The summed E-state index contributed by atoms with van der Waals surface area (Å²) in [6, 6.07) is 31.1. The molecular weight excluding hydrogens is 616 g/mol. The van der Waals surface area contributed by atoms with Gasteiger partial charge in [-0.1, -0.05) is 78.9 Å². The average Bonchev–Trinajstić information content (AvgIpc) is 3.11. The molecule has 6 heteroatoms. The van der Waals surface area contributed by atoms with Crippen molar-refractivity contribution >= 4 is 12.4 Å². The quantitative estimate of drug-likeness (QED) is 0.208. The molecule has 0 amide bonds. The maximum atomic E-state index is 10.2. The van der Waals surface area contributed by atoms with Gasteiger partial charge >= 0.3 is 0 Å². The van der Waals surface area contributed by atoms with Crippen molar-refractivity contribution in [1.29, 1.82) is 0 Å². The van der Waals surface area contributed by atoms with Gasteiger partial charge in [0.25, 0.3) is 0 Å². The number of aromatic hydroxyl groups is 2. The summed E-state index contributed by atoms with van der Waals surface area (Å²) in [6.07, 6.45) is 9.28. The van der Waals surface area contributed by atoms with Gasteiger partial charge in [0.05, 0.1) is 7.11 Å². The van der Waals surface area contributed by atoms with E-state index in [1.165, 1.54) is 66.5 Å². The minimum Gasteiger partial charge on any atom is -0.504 e. The second-order valence-corrected chi connectivity index (χ2v) is 14.1. The molecule has 48 heavy (non-hydrogen) atoms. The number of nitrogens with zero attached hydrogens (tertiary/aromatic N) is 2. The third-order valence-electron chi connectivity index (χ3n) is 11.4. The summed E-state index contributed by atoms with van der Waals surface area (Å²) in [5, 5.41) is 19.9. The predicted octanol–water partition coefficient (Wildman–Crippen LogP) is 8.91. The molecule has 2 aliphatic carbocycles. The number of methoxy groups -OCH3 is 1. The van der Waals surface area contributed by atoms with Crippen LogP contribution in [0.2, 0.25) is 0 Å². The predicted molar refractivity (Wildman–Crippen MR) is 197 cm³/mol. The van der Waals surface area contributed by atoms with Gasteiger partial charge in [-0.25, -0.2) is 0 Å². The first-order valence-corrected chi connectivity index (χ1v) is 17.8. The van der Waals surface area contributed by atoms with Crippen LogP contribution in [0.5, 0.6) is 17.2 Å². The van der Waals surface area contributed by atoms with Gasteiger partial charge in [-0.3, -0.25) is 9.80 Å². The summed E-state index contributed by atoms with van der Waals surface area (Å²) < 4.78 is 5.73. The Labute approximate surface area is 293 Å². The number of hydrogen-bond acceptors (Lipinski definition) is 5. The highest BCUT2D eigenvalue weighted by Crippen LogP contribution is 2.47. The fourth-order valence-electron chi connectivity index (χ4n) is 9.26. The molecule has 0 aromatic heterocycles. The zero-order valence-corrected chi connectivity index (χ0v) is 29.3. The molecule has 2 fully saturated rings. The average molecular weight is 667 g/mol. The fraction of sp³-hybridized carbons (Fsp3) is 0.429. The van der Waals surface area contributed by atoms with Gasteiger partial charge in [-0.2, -0.15) is 0 Å². The van der Waals surface area contributed by atoms with Crippen molar-refractivity contribution in [3.05, 3.63) is 124 Å². The number of benzene rings is 4. The van der Waals surface area contributed by atoms with Crippen LogP contribution >= 0.6 is 12.4 Å². The van der Waals surface area contributed by atoms with Gasteiger partial charge in [-0.15, -0.1) is 12.4 Å². The highest BCUT2D eigenvalue weighted by Gasteiger charge is 2.38. The maximum Gasteiger partial charge on any atom is 0.160 e. The lowest BCUT2D eigenvalue weighted by Gasteiger charge is -2.45. The summed E-state index contributed by atoms with van der Waals surface area (Å²) in [7, 11) is 1.82. The van der Waals surface area contributed by atoms with E-state index in [0.717, 1.165) is 50.2 Å². The molecule has 2 heterocycles. The molecule has 5 nitrogen and oxygen atoms in total. The first-order chi connectivity index (χ1) is 23.0. The Morgan fingerprint density at radius 2 is 1.15 bits per heavy atom. The molecule has 4 aliphatic rings. The van der Waals surface area contributed by atoms with Crippen LogP contribution in [0.4, 0.5) is 0 Å². The number of piperidine rings is 2. The molecule has 0 radical (unpaired) electrons. The van der Waals surface area contributed by atoms with Gasteiger partial charge in [0.1, 0.15) is 5.75 Å². The van der Waals surface area contributed by atoms with Crippen LogP contribution in [-0.2, 0) is 25.9 Å². The lowest BCUT2D eigenvalue weighted by Crippen LogP contribution is -2.45. The van der Waals surface area contributed by atoms with Crippen LogP contribution in [-0.4, -0.2) is 52.3 Å². The van der Waals surface area contributed by atoms with Crippen molar-refractivity contribution in [1.82, 2.24) is 9.80 Å². The summed E-state index contributed by atoms with van der Waals surface area (Å²) >= 11 is 0. The number of halogens is 1. The van der Waals surface area contributed by atoms with Gasteiger partial charge in [0.2, 0.25) is 0 Å². The SMILES string of the molecule is COc1c(C)ccc2c1CC[C@H]1[C@@H]2CCCN1Cc1ccccc1.Cl.Oc1ccc2c(c1O)CC[C@H]1[C@@H]2CCCN1Cc1ccccc1. The number of ether oxygens (including phenoxy) is 1. The zero-order chi connectivity index (χ0) is 32.3.